The number of nitrogens with zero attached hydrogens (tertiary/aromatic N) is 2. The highest BCUT2D eigenvalue weighted by molar-refractivity contribution is 5.96. The van der Waals surface area contributed by atoms with Crippen LogP contribution in [0, 0.1) is 5.82 Å². The molecule has 0 atom stereocenters. The molecule has 6 heteroatoms. The zero-order valence-corrected chi connectivity index (χ0v) is 13.0. The second-order valence-electron chi connectivity index (χ2n) is 5.22. The van der Waals surface area contributed by atoms with E-state index in [9.17, 15) is 14.0 Å². The van der Waals surface area contributed by atoms with Crippen molar-refractivity contribution in [3.05, 3.63) is 70.5 Å². The summed E-state index contributed by atoms with van der Waals surface area (Å²) in [6, 6.07) is 10.5. The van der Waals surface area contributed by atoms with Gasteiger partial charge in [-0.15, -0.1) is 0 Å². The van der Waals surface area contributed by atoms with Crippen LogP contribution in [-0.2, 0) is 6.54 Å². The molecule has 0 saturated carbocycles. The van der Waals surface area contributed by atoms with Crippen molar-refractivity contribution in [3.8, 4) is 5.75 Å². The molecule has 0 bridgehead atoms. The van der Waals surface area contributed by atoms with Gasteiger partial charge in [-0.1, -0.05) is 0 Å². The molecule has 122 valence electrons. The number of ketones is 1. The molecule has 0 spiro atoms. The Hall–Kier alpha value is -3.02. The lowest BCUT2D eigenvalue weighted by molar-refractivity contribution is 0.0970. The summed E-state index contributed by atoms with van der Waals surface area (Å²) in [6.07, 6.45) is 1.26. The van der Waals surface area contributed by atoms with Crippen molar-refractivity contribution in [1.82, 2.24) is 9.55 Å². The fraction of sp³-hybridized carbons (Fsp3) is 0.167. The smallest absolute Gasteiger partial charge is 0.261 e. The van der Waals surface area contributed by atoms with Crippen LogP contribution in [0.3, 0.4) is 0 Å². The predicted octanol–water partition coefficient (Wildman–Crippen LogP) is 2.82. The van der Waals surface area contributed by atoms with Crippen LogP contribution in [0.5, 0.6) is 5.75 Å². The summed E-state index contributed by atoms with van der Waals surface area (Å²) in [5.74, 6) is 0.00152. The minimum atomic E-state index is -0.461. The summed E-state index contributed by atoms with van der Waals surface area (Å²) < 4.78 is 19.7. The quantitative estimate of drug-likeness (QED) is 0.677. The molecule has 1 aromatic heterocycles. The highest BCUT2D eigenvalue weighted by Gasteiger charge is 2.11. The first-order valence-electron chi connectivity index (χ1n) is 7.49. The zero-order chi connectivity index (χ0) is 17.1. The first kappa shape index (κ1) is 15.9. The monoisotopic (exact) mass is 326 g/mol. The Morgan fingerprint density at radius 2 is 1.96 bits per heavy atom. The van der Waals surface area contributed by atoms with Gasteiger partial charge >= 0.3 is 0 Å². The number of aromatic nitrogens is 2. The minimum absolute atomic E-state index is 0.132. The van der Waals surface area contributed by atoms with Gasteiger partial charge in [-0.05, 0) is 43.3 Å². The SMILES string of the molecule is CCOc1ccc(C(=O)Cn2cnc3cc(F)ccc3c2=O)cc1. The molecular weight excluding hydrogens is 311 g/mol. The Kier molecular flexibility index (Phi) is 4.37. The van der Waals surface area contributed by atoms with Gasteiger partial charge in [-0.25, -0.2) is 9.37 Å². The molecule has 0 aliphatic carbocycles. The van der Waals surface area contributed by atoms with Crippen LogP contribution in [0.25, 0.3) is 10.9 Å². The number of fused-ring (bicyclic) bond motifs is 1. The number of ether oxygens (including phenoxy) is 1. The normalized spacial score (nSPS) is 10.8. The maximum atomic E-state index is 13.2. The van der Waals surface area contributed by atoms with Gasteiger partial charge in [0, 0.05) is 11.6 Å². The van der Waals surface area contributed by atoms with Gasteiger partial charge in [0.05, 0.1) is 30.4 Å². The summed E-state index contributed by atoms with van der Waals surface area (Å²) in [5.41, 5.74) is 0.369. The van der Waals surface area contributed by atoms with E-state index in [0.717, 1.165) is 0 Å². The van der Waals surface area contributed by atoms with Crippen LogP contribution < -0.4 is 10.3 Å². The van der Waals surface area contributed by atoms with Crippen molar-refractivity contribution < 1.29 is 13.9 Å². The molecule has 0 amide bonds. The Morgan fingerprint density at radius 1 is 1.21 bits per heavy atom. The van der Waals surface area contributed by atoms with E-state index >= 15 is 0 Å². The Labute approximate surface area is 137 Å². The summed E-state index contributed by atoms with van der Waals surface area (Å²) in [7, 11) is 0. The summed E-state index contributed by atoms with van der Waals surface area (Å²) in [5, 5.41) is 0.276. The number of carbonyl (C=O) groups excluding carboxylic acids is 1. The van der Waals surface area contributed by atoms with Crippen LogP contribution in [0.4, 0.5) is 4.39 Å². The molecule has 0 aliphatic rings. The first-order valence-corrected chi connectivity index (χ1v) is 7.49. The molecule has 5 nitrogen and oxygen atoms in total. The van der Waals surface area contributed by atoms with Crippen molar-refractivity contribution in [2.45, 2.75) is 13.5 Å². The molecule has 0 N–H and O–H groups in total. The van der Waals surface area contributed by atoms with Crippen molar-refractivity contribution in [2.75, 3.05) is 6.61 Å². The topological polar surface area (TPSA) is 61.2 Å². The molecular formula is C18H15FN2O3. The molecule has 0 aliphatic heterocycles. The van der Waals surface area contributed by atoms with Crippen LogP contribution >= 0.6 is 0 Å². The second kappa shape index (κ2) is 6.62. The molecule has 0 fully saturated rings. The van der Waals surface area contributed by atoms with E-state index in [-0.39, 0.29) is 28.8 Å². The molecule has 2 aromatic carbocycles. The van der Waals surface area contributed by atoms with E-state index in [1.807, 2.05) is 6.92 Å². The van der Waals surface area contributed by atoms with Crippen molar-refractivity contribution in [3.63, 3.8) is 0 Å². The number of rotatable bonds is 5. The summed E-state index contributed by atoms with van der Waals surface area (Å²) in [4.78, 5) is 28.8. The van der Waals surface area contributed by atoms with Crippen molar-refractivity contribution >= 4 is 16.7 Å². The number of hydrogen-bond donors (Lipinski definition) is 0. The molecule has 3 rings (SSSR count). The number of carbonyl (C=O) groups is 1. The molecule has 0 unspecified atom stereocenters. The first-order chi connectivity index (χ1) is 11.6. The minimum Gasteiger partial charge on any atom is -0.494 e. The average molecular weight is 326 g/mol. The second-order valence-corrected chi connectivity index (χ2v) is 5.22. The Morgan fingerprint density at radius 3 is 2.67 bits per heavy atom. The highest BCUT2D eigenvalue weighted by Crippen LogP contribution is 2.13. The van der Waals surface area contributed by atoms with Crippen LogP contribution in [0.1, 0.15) is 17.3 Å². The van der Waals surface area contributed by atoms with E-state index in [1.165, 1.54) is 29.1 Å². The van der Waals surface area contributed by atoms with Crippen molar-refractivity contribution in [1.29, 1.82) is 0 Å². The summed E-state index contributed by atoms with van der Waals surface area (Å²) >= 11 is 0. The van der Waals surface area contributed by atoms with Crippen molar-refractivity contribution in [2.24, 2.45) is 0 Å². The maximum Gasteiger partial charge on any atom is 0.261 e. The summed E-state index contributed by atoms with van der Waals surface area (Å²) in [6.45, 7) is 2.29. The molecule has 3 aromatic rings. The number of Topliss-reactive ketones (excluding diaryl/α,β-unsaturated/α-hetero) is 1. The lowest BCUT2D eigenvalue weighted by Crippen LogP contribution is -2.24. The van der Waals surface area contributed by atoms with Crippen LogP contribution in [-0.4, -0.2) is 21.9 Å². The van der Waals surface area contributed by atoms with Gasteiger partial charge in [0.1, 0.15) is 11.6 Å². The van der Waals surface area contributed by atoms with Gasteiger partial charge in [0.25, 0.3) is 5.56 Å². The van der Waals surface area contributed by atoms with Crippen LogP contribution in [0.15, 0.2) is 53.6 Å². The number of hydrogen-bond acceptors (Lipinski definition) is 4. The average Bonchev–Trinajstić information content (AvgIpc) is 2.58. The van der Waals surface area contributed by atoms with Gasteiger partial charge in [-0.2, -0.15) is 0 Å². The lowest BCUT2D eigenvalue weighted by atomic mass is 10.1. The number of halogens is 1. The van der Waals surface area contributed by atoms with Gasteiger partial charge in [0.2, 0.25) is 0 Å². The predicted molar refractivity (Wildman–Crippen MR) is 87.9 cm³/mol. The Bertz CT molecular complexity index is 949. The highest BCUT2D eigenvalue weighted by atomic mass is 19.1. The van der Waals surface area contributed by atoms with E-state index in [0.29, 0.717) is 17.9 Å². The third kappa shape index (κ3) is 3.17. The Balaban J connectivity index is 1.86. The van der Waals surface area contributed by atoms with E-state index < -0.39 is 5.82 Å². The maximum absolute atomic E-state index is 13.2. The van der Waals surface area contributed by atoms with E-state index in [4.69, 9.17) is 4.74 Å². The third-order valence-electron chi connectivity index (χ3n) is 3.59. The fourth-order valence-corrected chi connectivity index (χ4v) is 2.39. The molecule has 24 heavy (non-hydrogen) atoms. The molecule has 0 radical (unpaired) electrons. The molecule has 1 heterocycles. The zero-order valence-electron chi connectivity index (χ0n) is 13.0. The number of benzene rings is 2. The van der Waals surface area contributed by atoms with Gasteiger partial charge < -0.3 is 4.74 Å². The van der Waals surface area contributed by atoms with Gasteiger partial charge in [0.15, 0.2) is 5.78 Å². The lowest BCUT2D eigenvalue weighted by Gasteiger charge is -2.07. The fourth-order valence-electron chi connectivity index (χ4n) is 2.39. The largest absolute Gasteiger partial charge is 0.494 e. The molecule has 0 saturated heterocycles. The standard InChI is InChI=1S/C18H15FN2O3/c1-2-24-14-6-3-12(4-7-14)17(22)10-21-11-20-16-9-13(19)5-8-15(16)18(21)23/h3-9,11H,2,10H2,1H3. The van der Waals surface area contributed by atoms with Crippen LogP contribution in [0.2, 0.25) is 0 Å². The van der Waals surface area contributed by atoms with Gasteiger partial charge in [-0.3, -0.25) is 14.2 Å². The third-order valence-corrected chi connectivity index (χ3v) is 3.59. The van der Waals surface area contributed by atoms with E-state index in [1.54, 1.807) is 24.3 Å². The van der Waals surface area contributed by atoms with E-state index in [2.05, 4.69) is 4.98 Å².